The molecular formula is C24H25N7O6. The van der Waals surface area contributed by atoms with Crippen LogP contribution in [-0.2, 0) is 9.53 Å². The average Bonchev–Trinajstić information content (AvgIpc) is 3.57. The normalized spacial score (nSPS) is 20.0. The highest BCUT2D eigenvalue weighted by atomic mass is 16.5. The van der Waals surface area contributed by atoms with Crippen LogP contribution in [0.5, 0.6) is 5.88 Å². The maximum atomic E-state index is 13.3. The lowest BCUT2D eigenvalue weighted by molar-refractivity contribution is -0.127. The molecule has 2 atom stereocenters. The van der Waals surface area contributed by atoms with Gasteiger partial charge in [-0.05, 0) is 18.4 Å². The van der Waals surface area contributed by atoms with Crippen molar-refractivity contribution in [1.82, 2.24) is 25.1 Å². The Morgan fingerprint density at radius 3 is 2.89 bits per heavy atom. The molecule has 5 rings (SSSR count). The van der Waals surface area contributed by atoms with Gasteiger partial charge in [0.2, 0.25) is 5.88 Å². The van der Waals surface area contributed by atoms with E-state index in [0.29, 0.717) is 42.1 Å². The number of allylic oxidation sites excluding steroid dienone is 2. The van der Waals surface area contributed by atoms with Gasteiger partial charge in [0.1, 0.15) is 23.2 Å². The second-order valence-corrected chi connectivity index (χ2v) is 8.56. The van der Waals surface area contributed by atoms with Gasteiger partial charge in [0.05, 0.1) is 13.2 Å². The highest BCUT2D eigenvalue weighted by Crippen LogP contribution is 2.35. The van der Waals surface area contributed by atoms with Crippen molar-refractivity contribution in [3.8, 4) is 17.7 Å². The Labute approximate surface area is 210 Å². The first-order valence-electron chi connectivity index (χ1n) is 11.7. The number of carbonyl (C=O) groups is 1. The SMILES string of the molecule is CCNc1nnc(C2=NC(C#CC(c3[nH]c(=O)[nH]c3O)N3CC4=C(CC(O)C=C4)C3=O)=C(OC)CC2)o1. The zero-order valence-corrected chi connectivity index (χ0v) is 20.2. The van der Waals surface area contributed by atoms with Crippen molar-refractivity contribution >= 4 is 17.6 Å². The van der Waals surface area contributed by atoms with Crippen molar-refractivity contribution in [3.05, 3.63) is 56.8 Å². The molecule has 2 unspecified atom stereocenters. The summed E-state index contributed by atoms with van der Waals surface area (Å²) in [4.78, 5) is 36.0. The van der Waals surface area contributed by atoms with E-state index < -0.39 is 23.7 Å². The lowest BCUT2D eigenvalue weighted by atomic mass is 9.98. The molecule has 13 nitrogen and oxygen atoms in total. The summed E-state index contributed by atoms with van der Waals surface area (Å²) in [6, 6.07) is -0.734. The Kier molecular flexibility index (Phi) is 6.41. The first kappa shape index (κ1) is 24.1. The van der Waals surface area contributed by atoms with Crippen molar-refractivity contribution in [1.29, 1.82) is 0 Å². The van der Waals surface area contributed by atoms with Gasteiger partial charge in [-0.1, -0.05) is 23.2 Å². The van der Waals surface area contributed by atoms with E-state index in [4.69, 9.17) is 9.15 Å². The van der Waals surface area contributed by atoms with Crippen molar-refractivity contribution in [2.45, 2.75) is 38.3 Å². The first-order chi connectivity index (χ1) is 17.9. The molecule has 0 saturated heterocycles. The predicted molar refractivity (Wildman–Crippen MR) is 130 cm³/mol. The number of aromatic hydroxyl groups is 1. The molecule has 1 amide bonds. The van der Waals surface area contributed by atoms with Gasteiger partial charge in [-0.25, -0.2) is 9.79 Å². The summed E-state index contributed by atoms with van der Waals surface area (Å²) in [6.45, 7) is 2.73. The molecule has 192 valence electrons. The number of rotatable bonds is 6. The van der Waals surface area contributed by atoms with Crippen LogP contribution in [0.1, 0.15) is 43.8 Å². The van der Waals surface area contributed by atoms with Crippen LogP contribution in [0, 0.1) is 11.8 Å². The van der Waals surface area contributed by atoms with Crippen LogP contribution >= 0.6 is 0 Å². The van der Waals surface area contributed by atoms with Crippen LogP contribution < -0.4 is 11.0 Å². The number of aromatic nitrogens is 4. The molecular weight excluding hydrogens is 482 g/mol. The van der Waals surface area contributed by atoms with E-state index in [1.54, 1.807) is 12.2 Å². The van der Waals surface area contributed by atoms with Crippen molar-refractivity contribution in [2.75, 3.05) is 25.5 Å². The van der Waals surface area contributed by atoms with E-state index in [1.165, 1.54) is 12.0 Å². The van der Waals surface area contributed by atoms with Crippen LogP contribution in [0.2, 0.25) is 0 Å². The Balaban J connectivity index is 1.51. The number of aliphatic hydroxyl groups excluding tert-OH is 1. The first-order valence-corrected chi connectivity index (χ1v) is 11.7. The quantitative estimate of drug-likeness (QED) is 0.354. The van der Waals surface area contributed by atoms with Gasteiger partial charge in [0.25, 0.3) is 11.8 Å². The highest BCUT2D eigenvalue weighted by molar-refractivity contribution is 5.99. The van der Waals surface area contributed by atoms with E-state index in [-0.39, 0.29) is 36.5 Å². The van der Waals surface area contributed by atoms with E-state index in [0.717, 1.165) is 5.57 Å². The number of ether oxygens (including phenoxy) is 1. The van der Waals surface area contributed by atoms with Crippen molar-refractivity contribution in [2.24, 2.45) is 4.99 Å². The summed E-state index contributed by atoms with van der Waals surface area (Å²) in [7, 11) is 1.51. The highest BCUT2D eigenvalue weighted by Gasteiger charge is 2.37. The maximum Gasteiger partial charge on any atom is 0.326 e. The Morgan fingerprint density at radius 1 is 1.32 bits per heavy atom. The van der Waals surface area contributed by atoms with E-state index >= 15 is 0 Å². The third-order valence-corrected chi connectivity index (χ3v) is 6.17. The summed E-state index contributed by atoms with van der Waals surface area (Å²) in [5.74, 6) is 5.97. The van der Waals surface area contributed by atoms with E-state index in [2.05, 4.69) is 42.3 Å². The predicted octanol–water partition coefficient (Wildman–Crippen LogP) is 0.869. The second-order valence-electron chi connectivity index (χ2n) is 8.56. The number of hydrogen-bond acceptors (Lipinski definition) is 10. The topological polar surface area (TPSA) is 182 Å². The van der Waals surface area contributed by atoms with Gasteiger partial charge in [0.15, 0.2) is 5.70 Å². The van der Waals surface area contributed by atoms with Crippen LogP contribution in [0.4, 0.5) is 6.01 Å². The fraction of sp³-hybridized carbons (Fsp3) is 0.375. The van der Waals surface area contributed by atoms with Crippen LogP contribution in [0.25, 0.3) is 0 Å². The van der Waals surface area contributed by atoms with Gasteiger partial charge in [-0.15, -0.1) is 5.10 Å². The molecule has 2 aromatic heterocycles. The lowest BCUT2D eigenvalue weighted by Gasteiger charge is -2.23. The molecule has 0 bridgehead atoms. The number of hydrogen-bond donors (Lipinski definition) is 5. The molecule has 0 spiro atoms. The van der Waals surface area contributed by atoms with Crippen LogP contribution in [0.15, 0.2) is 49.0 Å². The minimum Gasteiger partial charge on any atom is -0.498 e. The second kappa shape index (κ2) is 9.82. The number of carbonyl (C=O) groups excluding carboxylic acids is 1. The van der Waals surface area contributed by atoms with Gasteiger partial charge in [-0.2, -0.15) is 0 Å². The van der Waals surface area contributed by atoms with E-state index in [9.17, 15) is 19.8 Å². The third-order valence-electron chi connectivity index (χ3n) is 6.17. The monoisotopic (exact) mass is 507 g/mol. The fourth-order valence-electron chi connectivity index (χ4n) is 4.39. The van der Waals surface area contributed by atoms with Crippen molar-refractivity contribution < 1.29 is 24.2 Å². The Bertz CT molecular complexity index is 1480. The number of H-pyrrole nitrogens is 2. The van der Waals surface area contributed by atoms with Crippen molar-refractivity contribution in [3.63, 3.8) is 0 Å². The molecule has 3 aliphatic rings. The number of methoxy groups -OCH3 is 1. The molecule has 1 aliphatic carbocycles. The number of aromatic amines is 2. The van der Waals surface area contributed by atoms with Gasteiger partial charge < -0.3 is 34.6 Å². The molecule has 2 aromatic rings. The summed E-state index contributed by atoms with van der Waals surface area (Å²) < 4.78 is 11.1. The third kappa shape index (κ3) is 4.66. The minimum absolute atomic E-state index is 0.0435. The Morgan fingerprint density at radius 2 is 2.16 bits per heavy atom. The zero-order chi connectivity index (χ0) is 26.1. The largest absolute Gasteiger partial charge is 0.498 e. The number of imidazole rings is 1. The standard InChI is InChI=1S/C24H25N7O6/c1-3-25-24-30-29-21(37-24)16-7-9-18(36-2)15(26-16)6-8-17(19-20(33)28-23(35)27-19)31-11-12-4-5-13(32)10-14(12)22(31)34/h4-5,13,17,32-33H,3,7,9-11H2,1-2H3,(H,25,30)(H2,27,28,35). The van der Waals surface area contributed by atoms with Gasteiger partial charge in [-0.3, -0.25) is 9.78 Å². The minimum atomic E-state index is -1.02. The molecule has 5 N–H and O–H groups in total. The number of aliphatic imine (C=N–C) groups is 1. The molecule has 37 heavy (non-hydrogen) atoms. The molecule has 2 aliphatic heterocycles. The maximum absolute atomic E-state index is 13.3. The summed E-state index contributed by atoms with van der Waals surface area (Å²) >= 11 is 0. The van der Waals surface area contributed by atoms with Crippen LogP contribution in [-0.4, -0.2) is 73.2 Å². The summed E-state index contributed by atoms with van der Waals surface area (Å²) in [5, 5.41) is 31.3. The number of nitrogens with zero attached hydrogens (tertiary/aromatic N) is 4. The molecule has 4 heterocycles. The molecule has 0 fully saturated rings. The number of amides is 1. The number of aliphatic hydroxyl groups is 1. The number of nitrogens with one attached hydrogen (secondary N) is 3. The molecule has 0 radical (unpaired) electrons. The van der Waals surface area contributed by atoms with E-state index in [1.807, 2.05) is 6.92 Å². The summed E-state index contributed by atoms with van der Waals surface area (Å²) in [6.07, 6.45) is 3.74. The van der Waals surface area contributed by atoms with Gasteiger partial charge >= 0.3 is 11.7 Å². The fourth-order valence-corrected chi connectivity index (χ4v) is 4.39. The molecule has 13 heteroatoms. The average molecular weight is 508 g/mol. The van der Waals surface area contributed by atoms with Crippen LogP contribution in [0.3, 0.4) is 0 Å². The van der Waals surface area contributed by atoms with Gasteiger partial charge in [0, 0.05) is 37.9 Å². The summed E-state index contributed by atoms with van der Waals surface area (Å²) in [5.41, 5.74) is 1.46. The number of anilines is 1. The lowest BCUT2D eigenvalue weighted by Crippen LogP contribution is -2.32. The molecule has 0 saturated carbocycles. The zero-order valence-electron chi connectivity index (χ0n) is 20.2. The molecule has 0 aromatic carbocycles. The Hall–Kier alpha value is -4.57. The smallest absolute Gasteiger partial charge is 0.326 e.